The Balaban J connectivity index is 1.58. The molecule has 2 nitrogen and oxygen atoms in total. The monoisotopic (exact) mass is 459 g/mol. The van der Waals surface area contributed by atoms with E-state index in [4.69, 9.17) is 0 Å². The molecule has 3 aromatic carbocycles. The number of nitrogens with one attached hydrogen (secondary N) is 1. The average Bonchev–Trinajstić information content (AvgIpc) is 2.63. The van der Waals surface area contributed by atoms with E-state index in [1.165, 1.54) is 16.0 Å². The van der Waals surface area contributed by atoms with Gasteiger partial charge in [0.05, 0.1) is 0 Å². The highest BCUT2D eigenvalue weighted by Gasteiger charge is 2.06. The number of hydrogen-bond donors (Lipinski definition) is 1. The Morgan fingerprint density at radius 2 is 1.56 bits per heavy atom. The lowest BCUT2D eigenvalue weighted by Crippen LogP contribution is -2.11. The molecule has 0 heterocycles. The van der Waals surface area contributed by atoms with Crippen LogP contribution in [-0.4, -0.2) is 5.91 Å². The third kappa shape index (κ3) is 5.34. The van der Waals surface area contributed by atoms with Crippen LogP contribution in [0.1, 0.15) is 21.5 Å². The van der Waals surface area contributed by atoms with Crippen LogP contribution in [0, 0.1) is 10.5 Å². The Labute approximate surface area is 166 Å². The third-order valence-electron chi connectivity index (χ3n) is 3.74. The lowest BCUT2D eigenvalue weighted by molar-refractivity contribution is 0.102. The second-order valence-electron chi connectivity index (χ2n) is 5.76. The molecule has 25 heavy (non-hydrogen) atoms. The van der Waals surface area contributed by atoms with E-state index in [0.717, 1.165) is 15.0 Å². The summed E-state index contributed by atoms with van der Waals surface area (Å²) >= 11 is 4.04. The minimum atomic E-state index is -0.0843. The van der Waals surface area contributed by atoms with Crippen molar-refractivity contribution in [3.05, 3.63) is 93.1 Å². The summed E-state index contributed by atoms with van der Waals surface area (Å²) in [7, 11) is 0. The van der Waals surface area contributed by atoms with Gasteiger partial charge in [-0.3, -0.25) is 4.79 Å². The van der Waals surface area contributed by atoms with Gasteiger partial charge in [0.2, 0.25) is 0 Å². The van der Waals surface area contributed by atoms with Crippen molar-refractivity contribution in [2.45, 2.75) is 17.6 Å². The maximum absolute atomic E-state index is 12.3. The van der Waals surface area contributed by atoms with Crippen molar-refractivity contribution in [2.75, 3.05) is 5.32 Å². The Bertz CT molecular complexity index is 843. The number of thioether (sulfide) groups is 1. The van der Waals surface area contributed by atoms with Crippen LogP contribution >= 0.6 is 34.4 Å². The van der Waals surface area contributed by atoms with E-state index in [2.05, 4.69) is 59.1 Å². The molecule has 1 N–H and O–H groups in total. The van der Waals surface area contributed by atoms with Crippen LogP contribution in [-0.2, 0) is 5.75 Å². The molecule has 3 rings (SSSR count). The number of amides is 1. The molecule has 0 fully saturated rings. The Kier molecular flexibility index (Phi) is 6.15. The van der Waals surface area contributed by atoms with Crippen molar-refractivity contribution in [3.8, 4) is 0 Å². The molecule has 0 aliphatic rings. The van der Waals surface area contributed by atoms with E-state index in [0.29, 0.717) is 5.56 Å². The van der Waals surface area contributed by atoms with Gasteiger partial charge in [-0.25, -0.2) is 0 Å². The van der Waals surface area contributed by atoms with Crippen LogP contribution in [0.2, 0.25) is 0 Å². The molecule has 0 radical (unpaired) electrons. The second kappa shape index (κ2) is 8.54. The maximum atomic E-state index is 12.3. The summed E-state index contributed by atoms with van der Waals surface area (Å²) in [5.41, 5.74) is 3.95. The summed E-state index contributed by atoms with van der Waals surface area (Å²) in [6, 6.07) is 24.1. The molecule has 0 saturated heterocycles. The van der Waals surface area contributed by atoms with E-state index in [-0.39, 0.29) is 5.91 Å². The largest absolute Gasteiger partial charge is 0.322 e. The van der Waals surface area contributed by atoms with Crippen molar-refractivity contribution >= 4 is 45.9 Å². The quantitative estimate of drug-likeness (QED) is 0.367. The van der Waals surface area contributed by atoms with Gasteiger partial charge in [0.25, 0.3) is 5.91 Å². The van der Waals surface area contributed by atoms with Gasteiger partial charge in [-0.15, -0.1) is 11.8 Å². The number of aryl methyl sites for hydroxylation is 1. The number of anilines is 1. The fourth-order valence-corrected chi connectivity index (χ4v) is 3.50. The molecular formula is C21H18INOS. The predicted molar refractivity (Wildman–Crippen MR) is 114 cm³/mol. The Morgan fingerprint density at radius 1 is 0.920 bits per heavy atom. The molecule has 0 aromatic heterocycles. The smallest absolute Gasteiger partial charge is 0.255 e. The molecule has 0 saturated carbocycles. The van der Waals surface area contributed by atoms with E-state index in [1.807, 2.05) is 48.5 Å². The van der Waals surface area contributed by atoms with Crippen molar-refractivity contribution in [1.29, 1.82) is 0 Å². The molecule has 0 aliphatic heterocycles. The maximum Gasteiger partial charge on any atom is 0.255 e. The first kappa shape index (κ1) is 18.0. The first-order valence-electron chi connectivity index (χ1n) is 7.95. The summed E-state index contributed by atoms with van der Waals surface area (Å²) < 4.78 is 1.14. The number of carbonyl (C=O) groups is 1. The zero-order valence-electron chi connectivity index (χ0n) is 13.8. The fraction of sp³-hybridized carbons (Fsp3) is 0.0952. The summed E-state index contributed by atoms with van der Waals surface area (Å²) in [6.45, 7) is 2.09. The topological polar surface area (TPSA) is 29.1 Å². The molecule has 1 amide bonds. The molecular weight excluding hydrogens is 441 g/mol. The van der Waals surface area contributed by atoms with Gasteiger partial charge in [0.1, 0.15) is 0 Å². The van der Waals surface area contributed by atoms with Gasteiger partial charge in [0, 0.05) is 25.5 Å². The standard InChI is InChI=1S/C21H18INOS/c1-15-2-12-20(13-3-15)25-14-16-4-6-17(7-5-16)21(24)23-19-10-8-18(22)9-11-19/h2-13H,14H2,1H3,(H,23,24). The van der Waals surface area contributed by atoms with Crippen LogP contribution in [0.25, 0.3) is 0 Å². The highest BCUT2D eigenvalue weighted by atomic mass is 127. The number of benzene rings is 3. The second-order valence-corrected chi connectivity index (χ2v) is 8.05. The van der Waals surface area contributed by atoms with Crippen LogP contribution in [0.3, 0.4) is 0 Å². The average molecular weight is 459 g/mol. The molecule has 4 heteroatoms. The van der Waals surface area contributed by atoms with Crippen molar-refractivity contribution in [2.24, 2.45) is 0 Å². The molecule has 0 spiro atoms. The zero-order valence-corrected chi connectivity index (χ0v) is 16.8. The lowest BCUT2D eigenvalue weighted by Gasteiger charge is -2.07. The van der Waals surface area contributed by atoms with E-state index >= 15 is 0 Å². The Morgan fingerprint density at radius 3 is 2.20 bits per heavy atom. The number of rotatable bonds is 5. The van der Waals surface area contributed by atoms with E-state index < -0.39 is 0 Å². The van der Waals surface area contributed by atoms with E-state index in [9.17, 15) is 4.79 Å². The highest BCUT2D eigenvalue weighted by Crippen LogP contribution is 2.23. The van der Waals surface area contributed by atoms with Crippen LogP contribution in [0.5, 0.6) is 0 Å². The minimum absolute atomic E-state index is 0.0843. The first-order chi connectivity index (χ1) is 12.1. The first-order valence-corrected chi connectivity index (χ1v) is 10.0. The van der Waals surface area contributed by atoms with E-state index in [1.54, 1.807) is 11.8 Å². The van der Waals surface area contributed by atoms with Crippen LogP contribution < -0.4 is 5.32 Å². The SMILES string of the molecule is Cc1ccc(SCc2ccc(C(=O)Nc3ccc(I)cc3)cc2)cc1. The van der Waals surface area contributed by atoms with Gasteiger partial charge in [-0.05, 0) is 83.6 Å². The van der Waals surface area contributed by atoms with Crippen molar-refractivity contribution < 1.29 is 4.79 Å². The molecule has 0 atom stereocenters. The van der Waals surface area contributed by atoms with Crippen molar-refractivity contribution in [1.82, 2.24) is 0 Å². The zero-order chi connectivity index (χ0) is 17.6. The summed E-state index contributed by atoms with van der Waals surface area (Å²) in [5, 5.41) is 2.92. The lowest BCUT2D eigenvalue weighted by atomic mass is 10.1. The van der Waals surface area contributed by atoms with Gasteiger partial charge >= 0.3 is 0 Å². The van der Waals surface area contributed by atoms with Gasteiger partial charge in [-0.1, -0.05) is 29.8 Å². The van der Waals surface area contributed by atoms with Crippen molar-refractivity contribution in [3.63, 3.8) is 0 Å². The summed E-state index contributed by atoms with van der Waals surface area (Å²) in [5.74, 6) is 0.807. The van der Waals surface area contributed by atoms with Gasteiger partial charge in [-0.2, -0.15) is 0 Å². The molecule has 3 aromatic rings. The van der Waals surface area contributed by atoms with Gasteiger partial charge < -0.3 is 5.32 Å². The Hall–Kier alpha value is -1.79. The van der Waals surface area contributed by atoms with Crippen LogP contribution in [0.4, 0.5) is 5.69 Å². The number of hydrogen-bond acceptors (Lipinski definition) is 2. The minimum Gasteiger partial charge on any atom is -0.322 e. The molecule has 0 bridgehead atoms. The fourth-order valence-electron chi connectivity index (χ4n) is 2.29. The number of carbonyl (C=O) groups excluding carboxylic acids is 1. The molecule has 0 unspecified atom stereocenters. The number of halogens is 1. The van der Waals surface area contributed by atoms with Crippen LogP contribution in [0.15, 0.2) is 77.7 Å². The third-order valence-corrected chi connectivity index (χ3v) is 5.55. The summed E-state index contributed by atoms with van der Waals surface area (Å²) in [6.07, 6.45) is 0. The molecule has 126 valence electrons. The molecule has 0 aliphatic carbocycles. The highest BCUT2D eigenvalue weighted by molar-refractivity contribution is 14.1. The predicted octanol–water partition coefficient (Wildman–Crippen LogP) is 6.14. The summed E-state index contributed by atoms with van der Waals surface area (Å²) in [4.78, 5) is 13.6. The van der Waals surface area contributed by atoms with Gasteiger partial charge in [0.15, 0.2) is 0 Å². The normalized spacial score (nSPS) is 10.5.